The number of carbonyl (C=O) groups is 1. The van der Waals surface area contributed by atoms with Gasteiger partial charge in [-0.25, -0.2) is 0 Å². The number of fused-ring (bicyclic) bond motifs is 1. The maximum atomic E-state index is 12.1. The Morgan fingerprint density at radius 1 is 1.32 bits per heavy atom. The Morgan fingerprint density at radius 3 is 3.05 bits per heavy atom. The number of rotatable bonds is 2. The van der Waals surface area contributed by atoms with Gasteiger partial charge in [-0.2, -0.15) is 0 Å². The minimum Gasteiger partial charge on any atom is -0.491 e. The van der Waals surface area contributed by atoms with Crippen LogP contribution in [-0.2, 0) is 0 Å². The van der Waals surface area contributed by atoms with Crippen LogP contribution in [-0.4, -0.2) is 22.5 Å². The fourth-order valence-electron chi connectivity index (χ4n) is 2.09. The Bertz CT molecular complexity index is 586. The standard InChI is InChI=1S/C14H13N3O2/c18-14(10-3-1-6-15-9-10)17-11-5-8-19-12-4-2-7-16-13(11)12/h1-4,6-7,9,11H,5,8H2,(H,17,18). The molecule has 0 radical (unpaired) electrons. The first-order chi connectivity index (χ1) is 9.34. The maximum Gasteiger partial charge on any atom is 0.253 e. The van der Waals surface area contributed by atoms with E-state index in [4.69, 9.17) is 4.74 Å². The Balaban J connectivity index is 1.80. The lowest BCUT2D eigenvalue weighted by molar-refractivity contribution is 0.0923. The lowest BCUT2D eigenvalue weighted by atomic mass is 10.1. The first-order valence-electron chi connectivity index (χ1n) is 6.13. The molecule has 96 valence electrons. The van der Waals surface area contributed by atoms with Gasteiger partial charge in [0.15, 0.2) is 0 Å². The molecule has 0 bridgehead atoms. The number of aromatic nitrogens is 2. The van der Waals surface area contributed by atoms with Crippen molar-refractivity contribution in [3.05, 3.63) is 54.1 Å². The number of ether oxygens (including phenoxy) is 1. The Hall–Kier alpha value is -2.43. The molecule has 0 fully saturated rings. The van der Waals surface area contributed by atoms with Crippen LogP contribution in [0.1, 0.15) is 28.5 Å². The molecule has 3 rings (SSSR count). The number of hydrogen-bond donors (Lipinski definition) is 1. The topological polar surface area (TPSA) is 64.1 Å². The zero-order valence-electron chi connectivity index (χ0n) is 10.2. The molecule has 3 heterocycles. The van der Waals surface area contributed by atoms with Gasteiger partial charge in [0, 0.05) is 25.0 Å². The molecule has 2 aromatic heterocycles. The smallest absolute Gasteiger partial charge is 0.253 e. The second-order valence-corrected chi connectivity index (χ2v) is 4.29. The molecular weight excluding hydrogens is 242 g/mol. The Kier molecular flexibility index (Phi) is 3.10. The lowest BCUT2D eigenvalue weighted by Gasteiger charge is -2.25. The van der Waals surface area contributed by atoms with Crippen molar-refractivity contribution in [2.75, 3.05) is 6.61 Å². The number of amides is 1. The first kappa shape index (κ1) is 11.6. The molecule has 19 heavy (non-hydrogen) atoms. The molecule has 5 heteroatoms. The predicted octanol–water partition coefficient (Wildman–Crippen LogP) is 1.73. The van der Waals surface area contributed by atoms with Crippen LogP contribution in [0.3, 0.4) is 0 Å². The monoisotopic (exact) mass is 255 g/mol. The summed E-state index contributed by atoms with van der Waals surface area (Å²) in [6.07, 6.45) is 5.61. The molecule has 0 saturated carbocycles. The van der Waals surface area contributed by atoms with Gasteiger partial charge in [-0.1, -0.05) is 0 Å². The zero-order chi connectivity index (χ0) is 13.1. The highest BCUT2D eigenvalue weighted by atomic mass is 16.5. The molecule has 1 atom stereocenters. The summed E-state index contributed by atoms with van der Waals surface area (Å²) in [7, 11) is 0. The summed E-state index contributed by atoms with van der Waals surface area (Å²) < 4.78 is 5.51. The number of pyridine rings is 2. The molecule has 1 N–H and O–H groups in total. The first-order valence-corrected chi connectivity index (χ1v) is 6.13. The van der Waals surface area contributed by atoms with Crippen molar-refractivity contribution in [1.82, 2.24) is 15.3 Å². The molecule has 0 spiro atoms. The van der Waals surface area contributed by atoms with Crippen molar-refractivity contribution in [1.29, 1.82) is 0 Å². The van der Waals surface area contributed by atoms with Crippen LogP contribution in [0.25, 0.3) is 0 Å². The third kappa shape index (κ3) is 2.40. The van der Waals surface area contributed by atoms with Crippen molar-refractivity contribution >= 4 is 5.91 Å². The minimum atomic E-state index is -0.142. The van der Waals surface area contributed by atoms with E-state index in [2.05, 4.69) is 15.3 Å². The van der Waals surface area contributed by atoms with Gasteiger partial charge in [0.1, 0.15) is 11.4 Å². The summed E-state index contributed by atoms with van der Waals surface area (Å²) in [5.74, 6) is 0.599. The van der Waals surface area contributed by atoms with Gasteiger partial charge in [0.05, 0.1) is 18.2 Å². The van der Waals surface area contributed by atoms with Crippen LogP contribution >= 0.6 is 0 Å². The van der Waals surface area contributed by atoms with Gasteiger partial charge < -0.3 is 10.1 Å². The van der Waals surface area contributed by atoms with Crippen LogP contribution in [0, 0.1) is 0 Å². The Morgan fingerprint density at radius 2 is 2.21 bits per heavy atom. The molecule has 1 aliphatic heterocycles. The van der Waals surface area contributed by atoms with Gasteiger partial charge in [-0.05, 0) is 24.3 Å². The van der Waals surface area contributed by atoms with Crippen LogP contribution < -0.4 is 10.1 Å². The highest BCUT2D eigenvalue weighted by Gasteiger charge is 2.24. The fourth-order valence-corrected chi connectivity index (χ4v) is 2.09. The van der Waals surface area contributed by atoms with E-state index in [9.17, 15) is 4.79 Å². The predicted molar refractivity (Wildman–Crippen MR) is 68.8 cm³/mol. The van der Waals surface area contributed by atoms with E-state index in [1.54, 1.807) is 30.7 Å². The normalized spacial score (nSPS) is 17.2. The van der Waals surface area contributed by atoms with E-state index < -0.39 is 0 Å². The maximum absolute atomic E-state index is 12.1. The summed E-state index contributed by atoms with van der Waals surface area (Å²) in [6.45, 7) is 0.580. The third-order valence-electron chi connectivity index (χ3n) is 3.02. The third-order valence-corrected chi connectivity index (χ3v) is 3.02. The summed E-state index contributed by atoms with van der Waals surface area (Å²) in [5, 5.41) is 2.97. The molecule has 0 aromatic carbocycles. The van der Waals surface area contributed by atoms with Gasteiger partial charge in [-0.3, -0.25) is 14.8 Å². The molecular formula is C14H13N3O2. The molecule has 0 aliphatic carbocycles. The molecule has 5 nitrogen and oxygen atoms in total. The molecule has 1 aliphatic rings. The number of nitrogens with zero attached hydrogens (tertiary/aromatic N) is 2. The fraction of sp³-hybridized carbons (Fsp3) is 0.214. The van der Waals surface area contributed by atoms with Crippen molar-refractivity contribution in [3.8, 4) is 5.75 Å². The van der Waals surface area contributed by atoms with Crippen molar-refractivity contribution in [3.63, 3.8) is 0 Å². The highest BCUT2D eigenvalue weighted by Crippen LogP contribution is 2.29. The largest absolute Gasteiger partial charge is 0.491 e. The number of carbonyl (C=O) groups excluding carboxylic acids is 1. The second kappa shape index (κ2) is 5.06. The Labute approximate surface area is 110 Å². The SMILES string of the molecule is O=C(NC1CCOc2cccnc21)c1cccnc1. The zero-order valence-corrected chi connectivity index (χ0v) is 10.2. The van der Waals surface area contributed by atoms with Crippen LogP contribution in [0.2, 0.25) is 0 Å². The minimum absolute atomic E-state index is 0.113. The summed E-state index contributed by atoms with van der Waals surface area (Å²) in [4.78, 5) is 20.3. The summed E-state index contributed by atoms with van der Waals surface area (Å²) in [5.41, 5.74) is 1.33. The number of nitrogens with one attached hydrogen (secondary N) is 1. The van der Waals surface area contributed by atoms with Gasteiger partial charge in [0.2, 0.25) is 0 Å². The average Bonchev–Trinajstić information content (AvgIpc) is 2.48. The van der Waals surface area contributed by atoms with E-state index in [1.807, 2.05) is 12.1 Å². The molecule has 2 aromatic rings. The van der Waals surface area contributed by atoms with Crippen molar-refractivity contribution < 1.29 is 9.53 Å². The van der Waals surface area contributed by atoms with E-state index in [1.165, 1.54) is 0 Å². The van der Waals surface area contributed by atoms with Crippen LogP contribution in [0.15, 0.2) is 42.9 Å². The molecule has 1 unspecified atom stereocenters. The second-order valence-electron chi connectivity index (χ2n) is 4.29. The van der Waals surface area contributed by atoms with Gasteiger partial charge in [0.25, 0.3) is 5.91 Å². The number of hydrogen-bond acceptors (Lipinski definition) is 4. The molecule has 1 amide bonds. The summed E-state index contributed by atoms with van der Waals surface area (Å²) in [6, 6.07) is 7.05. The van der Waals surface area contributed by atoms with Crippen molar-refractivity contribution in [2.45, 2.75) is 12.5 Å². The molecule has 0 saturated heterocycles. The van der Waals surface area contributed by atoms with Crippen molar-refractivity contribution in [2.24, 2.45) is 0 Å². The van der Waals surface area contributed by atoms with E-state index in [0.717, 1.165) is 17.9 Å². The summed E-state index contributed by atoms with van der Waals surface area (Å²) >= 11 is 0. The van der Waals surface area contributed by atoms with Gasteiger partial charge >= 0.3 is 0 Å². The average molecular weight is 255 g/mol. The van der Waals surface area contributed by atoms with E-state index in [-0.39, 0.29) is 11.9 Å². The lowest BCUT2D eigenvalue weighted by Crippen LogP contribution is -2.32. The highest BCUT2D eigenvalue weighted by molar-refractivity contribution is 5.94. The van der Waals surface area contributed by atoms with Crippen LogP contribution in [0.5, 0.6) is 5.75 Å². The van der Waals surface area contributed by atoms with Gasteiger partial charge in [-0.15, -0.1) is 0 Å². The quantitative estimate of drug-likeness (QED) is 0.887. The van der Waals surface area contributed by atoms with E-state index in [0.29, 0.717) is 12.2 Å². The van der Waals surface area contributed by atoms with E-state index >= 15 is 0 Å². The van der Waals surface area contributed by atoms with Crippen LogP contribution in [0.4, 0.5) is 0 Å².